The van der Waals surface area contributed by atoms with Gasteiger partial charge in [-0.25, -0.2) is 4.39 Å². The zero-order valence-corrected chi connectivity index (χ0v) is 17.1. The lowest BCUT2D eigenvalue weighted by atomic mass is 10.0. The van der Waals surface area contributed by atoms with Gasteiger partial charge >= 0.3 is 0 Å². The number of nitrogens with zero attached hydrogens (tertiary/aromatic N) is 1. The molecule has 1 aliphatic rings. The van der Waals surface area contributed by atoms with Crippen LogP contribution in [0.5, 0.6) is 5.75 Å². The molecule has 2 aromatic carbocycles. The average Bonchev–Trinajstić information content (AvgIpc) is 2.79. The van der Waals surface area contributed by atoms with Crippen LogP contribution in [0, 0.1) is 5.82 Å². The molecule has 0 saturated carbocycles. The Balaban J connectivity index is 1.54. The average molecular weight is 414 g/mol. The van der Waals surface area contributed by atoms with E-state index in [1.807, 2.05) is 6.92 Å². The summed E-state index contributed by atoms with van der Waals surface area (Å²) in [6.07, 6.45) is 0.445. The van der Waals surface area contributed by atoms with Gasteiger partial charge in [0.1, 0.15) is 11.6 Å². The molecule has 3 rings (SSSR count). The molecule has 30 heavy (non-hydrogen) atoms. The molecule has 6 nitrogen and oxygen atoms in total. The van der Waals surface area contributed by atoms with Crippen molar-refractivity contribution in [3.8, 4) is 5.75 Å². The highest BCUT2D eigenvalue weighted by Crippen LogP contribution is 2.21. The summed E-state index contributed by atoms with van der Waals surface area (Å²) >= 11 is 0. The number of carbonyl (C=O) groups is 2. The zero-order valence-electron chi connectivity index (χ0n) is 17.1. The SMILES string of the molecule is CCC(=O)c1ccc(OCC(=O)NCC(c2ccc(F)cc2)N2CCOCC2)cc1. The summed E-state index contributed by atoms with van der Waals surface area (Å²) in [4.78, 5) is 26.2. The van der Waals surface area contributed by atoms with E-state index in [9.17, 15) is 14.0 Å². The molecule has 1 amide bonds. The molecule has 1 heterocycles. The second-order valence-electron chi connectivity index (χ2n) is 7.11. The van der Waals surface area contributed by atoms with E-state index in [4.69, 9.17) is 9.47 Å². The number of hydrogen-bond donors (Lipinski definition) is 1. The number of Topliss-reactive ketones (excluding diaryl/α,β-unsaturated/α-hetero) is 1. The first-order valence-corrected chi connectivity index (χ1v) is 10.2. The van der Waals surface area contributed by atoms with Crippen LogP contribution in [0.3, 0.4) is 0 Å². The van der Waals surface area contributed by atoms with Crippen LogP contribution >= 0.6 is 0 Å². The highest BCUT2D eigenvalue weighted by molar-refractivity contribution is 5.95. The van der Waals surface area contributed by atoms with Gasteiger partial charge in [0.15, 0.2) is 12.4 Å². The van der Waals surface area contributed by atoms with Gasteiger partial charge in [0.2, 0.25) is 0 Å². The summed E-state index contributed by atoms with van der Waals surface area (Å²) in [5, 5.41) is 2.91. The minimum absolute atomic E-state index is 0.0641. The van der Waals surface area contributed by atoms with Crippen LogP contribution in [0.25, 0.3) is 0 Å². The fourth-order valence-corrected chi connectivity index (χ4v) is 3.38. The third-order valence-corrected chi connectivity index (χ3v) is 5.10. The van der Waals surface area contributed by atoms with E-state index in [1.165, 1.54) is 12.1 Å². The number of benzene rings is 2. The number of nitrogens with one attached hydrogen (secondary N) is 1. The Labute approximate surface area is 176 Å². The molecule has 1 N–H and O–H groups in total. The van der Waals surface area contributed by atoms with Crippen molar-refractivity contribution in [1.29, 1.82) is 0 Å². The number of hydrogen-bond acceptors (Lipinski definition) is 5. The van der Waals surface area contributed by atoms with E-state index in [-0.39, 0.29) is 30.2 Å². The van der Waals surface area contributed by atoms with E-state index < -0.39 is 0 Å². The van der Waals surface area contributed by atoms with Gasteiger partial charge in [-0.15, -0.1) is 0 Å². The van der Waals surface area contributed by atoms with E-state index >= 15 is 0 Å². The quantitative estimate of drug-likeness (QED) is 0.639. The molecule has 1 aliphatic heterocycles. The van der Waals surface area contributed by atoms with Crippen LogP contribution in [-0.2, 0) is 9.53 Å². The Bertz CT molecular complexity index is 833. The molecule has 1 unspecified atom stereocenters. The molecule has 7 heteroatoms. The summed E-state index contributed by atoms with van der Waals surface area (Å²) in [6, 6.07) is 13.0. The predicted molar refractivity (Wildman–Crippen MR) is 111 cm³/mol. The Morgan fingerprint density at radius 3 is 2.40 bits per heavy atom. The largest absolute Gasteiger partial charge is 0.484 e. The number of ketones is 1. The Hall–Kier alpha value is -2.77. The van der Waals surface area contributed by atoms with E-state index in [2.05, 4.69) is 10.2 Å². The summed E-state index contributed by atoms with van der Waals surface area (Å²) in [5.74, 6) is 0.0583. The molecule has 1 fully saturated rings. The van der Waals surface area contributed by atoms with Gasteiger partial charge in [-0.05, 0) is 42.0 Å². The Morgan fingerprint density at radius 2 is 1.77 bits per heavy atom. The molecule has 0 bridgehead atoms. The van der Waals surface area contributed by atoms with Crippen LogP contribution in [0.2, 0.25) is 0 Å². The minimum Gasteiger partial charge on any atom is -0.484 e. The van der Waals surface area contributed by atoms with E-state index in [0.717, 1.165) is 18.7 Å². The van der Waals surface area contributed by atoms with Crippen LogP contribution in [-0.4, -0.2) is 56.0 Å². The minimum atomic E-state index is -0.288. The van der Waals surface area contributed by atoms with Crippen molar-refractivity contribution in [2.75, 3.05) is 39.5 Å². The fourth-order valence-electron chi connectivity index (χ4n) is 3.38. The normalized spacial score (nSPS) is 15.4. The first kappa shape index (κ1) is 21.9. The predicted octanol–water partition coefficient (Wildman–Crippen LogP) is 2.99. The molecule has 1 atom stereocenters. The molecule has 0 aromatic heterocycles. The topological polar surface area (TPSA) is 67.9 Å². The molecule has 160 valence electrons. The third-order valence-electron chi connectivity index (χ3n) is 5.10. The van der Waals surface area contributed by atoms with Crippen LogP contribution < -0.4 is 10.1 Å². The monoisotopic (exact) mass is 414 g/mol. The molecular formula is C23H27FN2O4. The lowest BCUT2D eigenvalue weighted by molar-refractivity contribution is -0.123. The first-order valence-electron chi connectivity index (χ1n) is 10.2. The maximum absolute atomic E-state index is 13.3. The molecular weight excluding hydrogens is 387 g/mol. The van der Waals surface area contributed by atoms with Crippen molar-refractivity contribution in [3.63, 3.8) is 0 Å². The van der Waals surface area contributed by atoms with Crippen LogP contribution in [0.1, 0.15) is 35.3 Å². The molecule has 0 spiro atoms. The number of halogens is 1. The second-order valence-corrected chi connectivity index (χ2v) is 7.11. The summed E-state index contributed by atoms with van der Waals surface area (Å²) in [5.41, 5.74) is 1.57. The first-order chi connectivity index (χ1) is 14.6. The lowest BCUT2D eigenvalue weighted by Gasteiger charge is -2.35. The Morgan fingerprint density at radius 1 is 1.10 bits per heavy atom. The zero-order chi connectivity index (χ0) is 21.3. The van der Waals surface area contributed by atoms with Gasteiger partial charge in [-0.2, -0.15) is 0 Å². The Kier molecular flexibility index (Phi) is 7.93. The van der Waals surface area contributed by atoms with Crippen molar-refractivity contribution >= 4 is 11.7 Å². The molecule has 0 radical (unpaired) electrons. The number of rotatable bonds is 9. The number of morpholine rings is 1. The van der Waals surface area contributed by atoms with E-state index in [1.54, 1.807) is 36.4 Å². The van der Waals surface area contributed by atoms with Crippen molar-refractivity contribution in [1.82, 2.24) is 10.2 Å². The summed E-state index contributed by atoms with van der Waals surface area (Å²) in [6.45, 7) is 4.83. The van der Waals surface area contributed by atoms with Gasteiger partial charge < -0.3 is 14.8 Å². The van der Waals surface area contributed by atoms with E-state index in [0.29, 0.717) is 37.5 Å². The maximum Gasteiger partial charge on any atom is 0.258 e. The van der Waals surface area contributed by atoms with Gasteiger partial charge in [0.05, 0.1) is 19.3 Å². The van der Waals surface area contributed by atoms with Gasteiger partial charge in [0.25, 0.3) is 5.91 Å². The van der Waals surface area contributed by atoms with Gasteiger partial charge in [-0.1, -0.05) is 19.1 Å². The smallest absolute Gasteiger partial charge is 0.258 e. The number of carbonyl (C=O) groups excluding carboxylic acids is 2. The van der Waals surface area contributed by atoms with Gasteiger partial charge in [0, 0.05) is 31.6 Å². The highest BCUT2D eigenvalue weighted by Gasteiger charge is 2.23. The van der Waals surface area contributed by atoms with Crippen LogP contribution in [0.4, 0.5) is 4.39 Å². The van der Waals surface area contributed by atoms with Crippen molar-refractivity contribution in [2.24, 2.45) is 0 Å². The second kappa shape index (κ2) is 10.8. The van der Waals surface area contributed by atoms with Crippen LogP contribution in [0.15, 0.2) is 48.5 Å². The maximum atomic E-state index is 13.3. The highest BCUT2D eigenvalue weighted by atomic mass is 19.1. The summed E-state index contributed by atoms with van der Waals surface area (Å²) in [7, 11) is 0. The van der Waals surface area contributed by atoms with Crippen molar-refractivity contribution < 1.29 is 23.5 Å². The van der Waals surface area contributed by atoms with Crippen molar-refractivity contribution in [2.45, 2.75) is 19.4 Å². The fraction of sp³-hybridized carbons (Fsp3) is 0.391. The van der Waals surface area contributed by atoms with Gasteiger partial charge in [-0.3, -0.25) is 14.5 Å². The number of amides is 1. The summed E-state index contributed by atoms with van der Waals surface area (Å²) < 4.78 is 24.3. The lowest BCUT2D eigenvalue weighted by Crippen LogP contribution is -2.44. The molecule has 0 aliphatic carbocycles. The number of ether oxygens (including phenoxy) is 2. The molecule has 2 aromatic rings. The molecule has 1 saturated heterocycles. The van der Waals surface area contributed by atoms with Crippen molar-refractivity contribution in [3.05, 3.63) is 65.5 Å². The standard InChI is InChI=1S/C23H27FN2O4/c1-2-22(27)18-5-9-20(10-6-18)30-16-23(28)25-15-21(26-11-13-29-14-12-26)17-3-7-19(24)8-4-17/h3-10,21H,2,11-16H2,1H3,(H,25,28). The third kappa shape index (κ3) is 6.11.